The number of hydrogen-bond donors (Lipinski definition) is 0. The smallest absolute Gasteiger partial charge is 0.433 e. The van der Waals surface area contributed by atoms with Gasteiger partial charge in [0.2, 0.25) is 11.8 Å². The number of rotatable bonds is 5. The second-order valence-corrected chi connectivity index (χ2v) is 7.56. The minimum atomic E-state index is -4.47. The molecule has 2 aromatic rings. The minimum Gasteiger partial charge on any atom is -0.478 e. The SMILES string of the molecule is CCOc1nc(C)nc2c1CN(C(=O)CC1CN(c3ccnc(C(F)(F)F)c3)C1)C2. The summed E-state index contributed by atoms with van der Waals surface area (Å²) in [7, 11) is 0. The number of aryl methyl sites for hydroxylation is 1. The molecule has 2 aromatic heterocycles. The third-order valence-electron chi connectivity index (χ3n) is 5.31. The van der Waals surface area contributed by atoms with E-state index in [0.29, 0.717) is 56.6 Å². The summed E-state index contributed by atoms with van der Waals surface area (Å²) < 4.78 is 44.1. The van der Waals surface area contributed by atoms with Crippen molar-refractivity contribution in [3.63, 3.8) is 0 Å². The van der Waals surface area contributed by atoms with Crippen LogP contribution in [-0.4, -0.2) is 45.5 Å². The molecule has 30 heavy (non-hydrogen) atoms. The highest BCUT2D eigenvalue weighted by Gasteiger charge is 2.36. The number of aromatic nitrogens is 3. The molecule has 2 aliphatic rings. The number of hydrogen-bond acceptors (Lipinski definition) is 6. The van der Waals surface area contributed by atoms with Gasteiger partial charge in [-0.25, -0.2) is 4.98 Å². The maximum Gasteiger partial charge on any atom is 0.433 e. The number of halogens is 3. The third-order valence-corrected chi connectivity index (χ3v) is 5.31. The molecule has 0 spiro atoms. The molecule has 2 aliphatic heterocycles. The Morgan fingerprint density at radius 3 is 2.73 bits per heavy atom. The van der Waals surface area contributed by atoms with Crippen molar-refractivity contribution in [1.82, 2.24) is 19.9 Å². The van der Waals surface area contributed by atoms with Crippen LogP contribution in [0.25, 0.3) is 0 Å². The molecule has 0 unspecified atom stereocenters. The van der Waals surface area contributed by atoms with Crippen molar-refractivity contribution in [3.8, 4) is 5.88 Å². The Kier molecular flexibility index (Phi) is 5.25. The van der Waals surface area contributed by atoms with Crippen molar-refractivity contribution in [2.75, 3.05) is 24.6 Å². The Bertz CT molecular complexity index is 960. The lowest BCUT2D eigenvalue weighted by Gasteiger charge is -2.41. The van der Waals surface area contributed by atoms with Crippen molar-refractivity contribution in [2.45, 2.75) is 39.5 Å². The Morgan fingerprint density at radius 1 is 1.27 bits per heavy atom. The van der Waals surface area contributed by atoms with Gasteiger partial charge in [-0.1, -0.05) is 0 Å². The van der Waals surface area contributed by atoms with Crippen LogP contribution in [0.3, 0.4) is 0 Å². The monoisotopic (exact) mass is 421 g/mol. The van der Waals surface area contributed by atoms with Gasteiger partial charge < -0.3 is 14.5 Å². The molecule has 4 heterocycles. The van der Waals surface area contributed by atoms with Crippen LogP contribution in [0.4, 0.5) is 18.9 Å². The first-order valence-electron chi connectivity index (χ1n) is 9.79. The summed E-state index contributed by atoms with van der Waals surface area (Å²) in [5.74, 6) is 1.24. The number of carbonyl (C=O) groups excluding carboxylic acids is 1. The van der Waals surface area contributed by atoms with E-state index in [2.05, 4.69) is 15.0 Å². The van der Waals surface area contributed by atoms with Gasteiger partial charge in [0, 0.05) is 37.3 Å². The first kappa shape index (κ1) is 20.4. The van der Waals surface area contributed by atoms with E-state index in [1.54, 1.807) is 17.9 Å². The lowest BCUT2D eigenvalue weighted by molar-refractivity contribution is -0.141. The highest BCUT2D eigenvalue weighted by molar-refractivity contribution is 5.77. The van der Waals surface area contributed by atoms with E-state index in [-0.39, 0.29) is 11.8 Å². The van der Waals surface area contributed by atoms with E-state index in [1.807, 2.05) is 11.8 Å². The fourth-order valence-electron chi connectivity index (χ4n) is 3.83. The Morgan fingerprint density at radius 2 is 2.03 bits per heavy atom. The maximum atomic E-state index is 12.8. The zero-order valence-electron chi connectivity index (χ0n) is 16.7. The Balaban J connectivity index is 1.34. The second-order valence-electron chi connectivity index (χ2n) is 7.56. The summed E-state index contributed by atoms with van der Waals surface area (Å²) >= 11 is 0. The predicted molar refractivity (Wildman–Crippen MR) is 102 cm³/mol. The molecule has 1 saturated heterocycles. The molecule has 0 saturated carbocycles. The standard InChI is InChI=1S/C20H22F3N5O2/c1-3-30-19-15-10-28(11-16(15)25-12(2)26-19)18(29)6-13-8-27(9-13)14-4-5-24-17(7-14)20(21,22)23/h4-5,7,13H,3,6,8-11H2,1-2H3. The molecule has 0 aromatic carbocycles. The fraction of sp³-hybridized carbons (Fsp3) is 0.500. The summed E-state index contributed by atoms with van der Waals surface area (Å²) in [5, 5.41) is 0. The number of carbonyl (C=O) groups is 1. The molecule has 7 nitrogen and oxygen atoms in total. The van der Waals surface area contributed by atoms with E-state index in [4.69, 9.17) is 4.74 Å². The normalized spacial score (nSPS) is 16.4. The predicted octanol–water partition coefficient (Wildman–Crippen LogP) is 2.97. The summed E-state index contributed by atoms with van der Waals surface area (Å²) in [6, 6.07) is 2.60. The van der Waals surface area contributed by atoms with Crippen LogP contribution in [0.5, 0.6) is 5.88 Å². The molecule has 0 N–H and O–H groups in total. The molecule has 160 valence electrons. The molecule has 1 fully saturated rings. The van der Waals surface area contributed by atoms with Gasteiger partial charge in [0.25, 0.3) is 0 Å². The summed E-state index contributed by atoms with van der Waals surface area (Å²) in [4.78, 5) is 28.5. The van der Waals surface area contributed by atoms with Crippen LogP contribution < -0.4 is 9.64 Å². The number of nitrogens with zero attached hydrogens (tertiary/aromatic N) is 5. The van der Waals surface area contributed by atoms with E-state index in [9.17, 15) is 18.0 Å². The second kappa shape index (κ2) is 7.73. The summed E-state index contributed by atoms with van der Waals surface area (Å²) in [6.07, 6.45) is -2.96. The minimum absolute atomic E-state index is 0.00320. The largest absolute Gasteiger partial charge is 0.478 e. The lowest BCUT2D eigenvalue weighted by atomic mass is 9.95. The molecule has 1 amide bonds. The molecule has 0 aliphatic carbocycles. The molecule has 0 bridgehead atoms. The van der Waals surface area contributed by atoms with Crippen LogP contribution in [0.2, 0.25) is 0 Å². The van der Waals surface area contributed by atoms with E-state index in [1.165, 1.54) is 0 Å². The van der Waals surface area contributed by atoms with Crippen LogP contribution in [-0.2, 0) is 24.1 Å². The van der Waals surface area contributed by atoms with Crippen LogP contribution in [0.1, 0.15) is 36.1 Å². The van der Waals surface area contributed by atoms with Gasteiger partial charge in [0.1, 0.15) is 11.5 Å². The Labute approximate surface area is 171 Å². The number of ether oxygens (including phenoxy) is 1. The molecule has 10 heteroatoms. The van der Waals surface area contributed by atoms with Crippen molar-refractivity contribution >= 4 is 11.6 Å². The zero-order chi connectivity index (χ0) is 21.5. The molecular formula is C20H22F3N5O2. The van der Waals surface area contributed by atoms with E-state index >= 15 is 0 Å². The zero-order valence-corrected chi connectivity index (χ0v) is 16.7. The van der Waals surface area contributed by atoms with Gasteiger partial charge in [0.05, 0.1) is 31.0 Å². The van der Waals surface area contributed by atoms with E-state index in [0.717, 1.165) is 23.5 Å². The first-order valence-corrected chi connectivity index (χ1v) is 9.79. The Hall–Kier alpha value is -2.91. The maximum absolute atomic E-state index is 12.8. The summed E-state index contributed by atoms with van der Waals surface area (Å²) in [5.41, 5.74) is 1.23. The van der Waals surface area contributed by atoms with Crippen molar-refractivity contribution in [3.05, 3.63) is 41.1 Å². The topological polar surface area (TPSA) is 71.5 Å². The van der Waals surface area contributed by atoms with E-state index < -0.39 is 11.9 Å². The fourth-order valence-corrected chi connectivity index (χ4v) is 3.83. The molecule has 0 atom stereocenters. The van der Waals surface area contributed by atoms with Gasteiger partial charge in [-0.05, 0) is 26.0 Å². The highest BCUT2D eigenvalue weighted by Crippen LogP contribution is 2.34. The third kappa shape index (κ3) is 4.03. The number of fused-ring (bicyclic) bond motifs is 1. The molecule has 0 radical (unpaired) electrons. The average molecular weight is 421 g/mol. The summed E-state index contributed by atoms with van der Waals surface area (Å²) in [6.45, 7) is 6.07. The number of anilines is 1. The van der Waals surface area contributed by atoms with Crippen LogP contribution >= 0.6 is 0 Å². The lowest BCUT2D eigenvalue weighted by Crippen LogP contribution is -2.48. The molecular weight excluding hydrogens is 399 g/mol. The number of pyridine rings is 1. The number of amides is 1. The highest BCUT2D eigenvalue weighted by atomic mass is 19.4. The number of alkyl halides is 3. The van der Waals surface area contributed by atoms with Gasteiger partial charge in [-0.15, -0.1) is 0 Å². The average Bonchev–Trinajstić information content (AvgIpc) is 3.08. The van der Waals surface area contributed by atoms with Crippen molar-refractivity contribution in [1.29, 1.82) is 0 Å². The van der Waals surface area contributed by atoms with Crippen LogP contribution in [0.15, 0.2) is 18.3 Å². The van der Waals surface area contributed by atoms with Gasteiger partial charge in [-0.2, -0.15) is 18.2 Å². The van der Waals surface area contributed by atoms with Gasteiger partial charge >= 0.3 is 6.18 Å². The van der Waals surface area contributed by atoms with Crippen molar-refractivity contribution in [2.24, 2.45) is 5.92 Å². The quantitative estimate of drug-likeness (QED) is 0.739. The van der Waals surface area contributed by atoms with Gasteiger partial charge in [0.15, 0.2) is 0 Å². The molecule has 4 rings (SSSR count). The van der Waals surface area contributed by atoms with Gasteiger partial charge in [-0.3, -0.25) is 9.78 Å². The first-order chi connectivity index (χ1) is 14.2. The van der Waals surface area contributed by atoms with Crippen LogP contribution in [0, 0.1) is 12.8 Å². The van der Waals surface area contributed by atoms with Crippen molar-refractivity contribution < 1.29 is 22.7 Å².